The highest BCUT2D eigenvalue weighted by Gasteiger charge is 2.33. The second kappa shape index (κ2) is 9.04. The first-order valence-electron chi connectivity index (χ1n) is 10.7. The minimum absolute atomic E-state index is 0.199. The van der Waals surface area contributed by atoms with Crippen molar-refractivity contribution in [1.82, 2.24) is 0 Å². The predicted molar refractivity (Wildman–Crippen MR) is 122 cm³/mol. The van der Waals surface area contributed by atoms with Crippen LogP contribution in [0.2, 0.25) is 0 Å². The molecule has 4 aromatic rings. The first-order valence-corrected chi connectivity index (χ1v) is 10.7. The van der Waals surface area contributed by atoms with Crippen LogP contribution in [0.4, 0.5) is 17.6 Å². The van der Waals surface area contributed by atoms with Crippen molar-refractivity contribution in [2.75, 3.05) is 0 Å². The molecule has 162 valence electrons. The number of halogens is 4. The van der Waals surface area contributed by atoms with Crippen LogP contribution in [0.25, 0.3) is 21.5 Å². The zero-order valence-corrected chi connectivity index (χ0v) is 17.7. The molecule has 0 saturated heterocycles. The van der Waals surface area contributed by atoms with Crippen molar-refractivity contribution < 1.29 is 17.6 Å². The Morgan fingerprint density at radius 1 is 0.719 bits per heavy atom. The summed E-state index contributed by atoms with van der Waals surface area (Å²) in [6.45, 7) is 2.20. The highest BCUT2D eigenvalue weighted by atomic mass is 19.4. The fourth-order valence-electron chi connectivity index (χ4n) is 3.90. The lowest BCUT2D eigenvalue weighted by atomic mass is 9.97. The molecule has 4 rings (SSSR count). The minimum Gasteiger partial charge on any atom is -0.206 e. The Labute approximate surface area is 184 Å². The van der Waals surface area contributed by atoms with Crippen molar-refractivity contribution in [3.8, 4) is 11.8 Å². The molecule has 4 heteroatoms. The highest BCUT2D eigenvalue weighted by molar-refractivity contribution is 6.07. The predicted octanol–water partition coefficient (Wildman–Crippen LogP) is 8.28. The van der Waals surface area contributed by atoms with E-state index in [4.69, 9.17) is 0 Å². The number of alkyl halides is 3. The van der Waals surface area contributed by atoms with Crippen LogP contribution >= 0.6 is 0 Å². The molecule has 32 heavy (non-hydrogen) atoms. The van der Waals surface area contributed by atoms with Gasteiger partial charge in [-0.3, -0.25) is 0 Å². The Kier molecular flexibility index (Phi) is 6.19. The lowest BCUT2D eigenvalue weighted by Crippen LogP contribution is -2.07. The van der Waals surface area contributed by atoms with E-state index in [1.165, 1.54) is 41.7 Å². The topological polar surface area (TPSA) is 0 Å². The third-order valence-electron chi connectivity index (χ3n) is 5.59. The van der Waals surface area contributed by atoms with Gasteiger partial charge in [-0.1, -0.05) is 68.0 Å². The Hall–Kier alpha value is -3.32. The first kappa shape index (κ1) is 21.9. The molecule has 0 bridgehead atoms. The summed E-state index contributed by atoms with van der Waals surface area (Å²) in [6, 6.07) is 19.3. The van der Waals surface area contributed by atoms with Gasteiger partial charge < -0.3 is 0 Å². The quantitative estimate of drug-likeness (QED) is 0.131. The van der Waals surface area contributed by atoms with E-state index in [9.17, 15) is 17.6 Å². The molecule has 0 radical (unpaired) electrons. The van der Waals surface area contributed by atoms with Crippen LogP contribution in [0.3, 0.4) is 0 Å². The van der Waals surface area contributed by atoms with Gasteiger partial charge in [-0.05, 0) is 70.3 Å². The molecule has 0 aliphatic heterocycles. The van der Waals surface area contributed by atoms with Crippen LogP contribution in [0.1, 0.15) is 48.4 Å². The van der Waals surface area contributed by atoms with Gasteiger partial charge in [0, 0.05) is 11.1 Å². The summed E-state index contributed by atoms with van der Waals surface area (Å²) in [4.78, 5) is 0. The van der Waals surface area contributed by atoms with E-state index in [1.807, 2.05) is 18.2 Å². The van der Waals surface area contributed by atoms with Gasteiger partial charge >= 0.3 is 6.18 Å². The normalized spacial score (nSPS) is 11.5. The van der Waals surface area contributed by atoms with E-state index >= 15 is 0 Å². The second-order valence-corrected chi connectivity index (χ2v) is 7.96. The van der Waals surface area contributed by atoms with Gasteiger partial charge in [0.15, 0.2) is 0 Å². The Morgan fingerprint density at radius 2 is 1.34 bits per heavy atom. The van der Waals surface area contributed by atoms with E-state index in [0.717, 1.165) is 29.3 Å². The van der Waals surface area contributed by atoms with E-state index in [1.54, 1.807) is 0 Å². The van der Waals surface area contributed by atoms with Gasteiger partial charge in [-0.2, -0.15) is 13.2 Å². The maximum atomic E-state index is 13.8. The molecule has 0 fully saturated rings. The molecule has 0 nitrogen and oxygen atoms in total. The van der Waals surface area contributed by atoms with Crippen LogP contribution < -0.4 is 0 Å². The van der Waals surface area contributed by atoms with E-state index in [0.29, 0.717) is 5.56 Å². The van der Waals surface area contributed by atoms with E-state index < -0.39 is 17.6 Å². The summed E-state index contributed by atoms with van der Waals surface area (Å²) in [7, 11) is 0. The van der Waals surface area contributed by atoms with Gasteiger partial charge in [-0.25, -0.2) is 4.39 Å². The van der Waals surface area contributed by atoms with Gasteiger partial charge in [0.05, 0.1) is 5.56 Å². The van der Waals surface area contributed by atoms with Crippen LogP contribution in [0, 0.1) is 17.7 Å². The average molecular weight is 434 g/mol. The summed E-state index contributed by atoms with van der Waals surface area (Å²) in [6.07, 6.45) is 0.00467. The summed E-state index contributed by atoms with van der Waals surface area (Å²) < 4.78 is 51.9. The second-order valence-electron chi connectivity index (χ2n) is 7.96. The number of fused-ring (bicyclic) bond motifs is 3. The molecule has 0 amide bonds. The lowest BCUT2D eigenvalue weighted by molar-refractivity contribution is -0.140. The number of unbranched alkanes of at least 4 members (excludes halogenated alkanes) is 2. The molecule has 0 heterocycles. The molecule has 0 atom stereocenters. The van der Waals surface area contributed by atoms with E-state index in [-0.39, 0.29) is 5.56 Å². The number of hydrogen-bond acceptors (Lipinski definition) is 0. The van der Waals surface area contributed by atoms with Gasteiger partial charge in [0.2, 0.25) is 0 Å². The fourth-order valence-corrected chi connectivity index (χ4v) is 3.90. The number of benzene rings is 4. The van der Waals surface area contributed by atoms with Gasteiger partial charge in [-0.15, -0.1) is 0 Å². The van der Waals surface area contributed by atoms with E-state index in [2.05, 4.69) is 49.1 Å². The van der Waals surface area contributed by atoms with Crippen molar-refractivity contribution in [2.24, 2.45) is 0 Å². The molecule has 0 aliphatic rings. The molecule has 0 unspecified atom stereocenters. The first-order chi connectivity index (χ1) is 15.3. The maximum Gasteiger partial charge on any atom is 0.419 e. The molecule has 0 saturated carbocycles. The van der Waals surface area contributed by atoms with Crippen LogP contribution in [-0.2, 0) is 12.6 Å². The number of hydrogen-bond donors (Lipinski definition) is 0. The Morgan fingerprint density at radius 3 is 2.00 bits per heavy atom. The summed E-state index contributed by atoms with van der Waals surface area (Å²) in [5, 5.41) is 4.52. The summed E-state index contributed by atoms with van der Waals surface area (Å²) in [5.41, 5.74) is 0.976. The smallest absolute Gasteiger partial charge is 0.206 e. The molecule has 0 N–H and O–H groups in total. The molecule has 4 aromatic carbocycles. The SMILES string of the molecule is CCCCCc1ccc2c(ccc3cc(C#Cc4ccc(C(F)(F)F)c(F)c4)ccc32)c1. The average Bonchev–Trinajstić information content (AvgIpc) is 2.76. The minimum atomic E-state index is -4.71. The van der Waals surface area contributed by atoms with Crippen molar-refractivity contribution >= 4 is 21.5 Å². The van der Waals surface area contributed by atoms with Gasteiger partial charge in [0.25, 0.3) is 0 Å². The molecule has 0 spiro atoms. The number of aryl methyl sites for hydroxylation is 1. The molecular weight excluding hydrogens is 412 g/mol. The zero-order valence-electron chi connectivity index (χ0n) is 17.7. The maximum absolute atomic E-state index is 13.8. The van der Waals surface area contributed by atoms with Crippen molar-refractivity contribution in [1.29, 1.82) is 0 Å². The van der Waals surface area contributed by atoms with Crippen LogP contribution in [-0.4, -0.2) is 0 Å². The molecule has 0 aliphatic carbocycles. The van der Waals surface area contributed by atoms with Crippen molar-refractivity contribution in [3.05, 3.63) is 94.8 Å². The van der Waals surface area contributed by atoms with Gasteiger partial charge in [0.1, 0.15) is 5.82 Å². The standard InChI is InChI=1S/C28H22F4/c1-2-3-4-5-19-8-13-24-22(16-19)11-12-23-17-20(9-14-25(23)24)6-7-21-10-15-26(27(29)18-21)28(30,31)32/h8-18H,2-5H2,1H3. The van der Waals surface area contributed by atoms with Crippen LogP contribution in [0.15, 0.2) is 66.7 Å². The largest absolute Gasteiger partial charge is 0.419 e. The fraction of sp³-hybridized carbons (Fsp3) is 0.214. The third-order valence-corrected chi connectivity index (χ3v) is 5.59. The third kappa shape index (κ3) is 4.78. The summed E-state index contributed by atoms with van der Waals surface area (Å²) in [5.74, 6) is 4.37. The number of rotatable bonds is 4. The summed E-state index contributed by atoms with van der Waals surface area (Å²) >= 11 is 0. The monoisotopic (exact) mass is 434 g/mol. The zero-order chi connectivity index (χ0) is 22.7. The lowest BCUT2D eigenvalue weighted by Gasteiger charge is -2.08. The Balaban J connectivity index is 1.61. The Bertz CT molecular complexity index is 1340. The molecular formula is C28H22F4. The van der Waals surface area contributed by atoms with Crippen molar-refractivity contribution in [2.45, 2.75) is 38.8 Å². The van der Waals surface area contributed by atoms with Crippen molar-refractivity contribution in [3.63, 3.8) is 0 Å². The van der Waals surface area contributed by atoms with Crippen LogP contribution in [0.5, 0.6) is 0 Å². The molecule has 0 aromatic heterocycles. The highest BCUT2D eigenvalue weighted by Crippen LogP contribution is 2.31.